The van der Waals surface area contributed by atoms with E-state index in [0.717, 1.165) is 31.6 Å². The number of likely N-dealkylation sites (tertiary alicyclic amines) is 1. The largest absolute Gasteiger partial charge is 0.342 e. The van der Waals surface area contributed by atoms with Crippen molar-refractivity contribution in [3.8, 4) is 0 Å². The first kappa shape index (κ1) is 16.3. The van der Waals surface area contributed by atoms with Crippen LogP contribution in [0.5, 0.6) is 0 Å². The molecule has 1 atom stereocenters. The van der Waals surface area contributed by atoms with Gasteiger partial charge in [0.15, 0.2) is 0 Å². The molecule has 1 saturated heterocycles. The van der Waals surface area contributed by atoms with Gasteiger partial charge in [-0.1, -0.05) is 6.92 Å². The van der Waals surface area contributed by atoms with Crippen molar-refractivity contribution in [2.75, 3.05) is 18.4 Å². The van der Waals surface area contributed by atoms with Crippen molar-refractivity contribution in [3.63, 3.8) is 0 Å². The maximum atomic E-state index is 12.0. The Labute approximate surface area is 141 Å². The molecule has 0 unspecified atom stereocenters. The third-order valence-corrected chi connectivity index (χ3v) is 4.17. The number of hydrogen-bond acceptors (Lipinski definition) is 6. The number of aryl methyl sites for hydroxylation is 1. The SMILES string of the molecule is CCC(=O)N1CCC[C@H](c2cc(Nc3cnccn3)nc(C)n2)C1. The van der Waals surface area contributed by atoms with Crippen LogP contribution in [-0.4, -0.2) is 43.8 Å². The number of nitrogens with one attached hydrogen (secondary N) is 1. The summed E-state index contributed by atoms with van der Waals surface area (Å²) in [6.45, 7) is 5.36. The summed E-state index contributed by atoms with van der Waals surface area (Å²) in [5.74, 6) is 2.52. The predicted octanol–water partition coefficient (Wildman–Crippen LogP) is 2.43. The summed E-state index contributed by atoms with van der Waals surface area (Å²) in [5.41, 5.74) is 0.975. The molecular formula is C17H22N6O. The average molecular weight is 326 g/mol. The van der Waals surface area contributed by atoms with Crippen molar-refractivity contribution in [3.05, 3.63) is 36.2 Å². The van der Waals surface area contributed by atoms with Crippen LogP contribution in [0, 0.1) is 6.92 Å². The van der Waals surface area contributed by atoms with E-state index in [-0.39, 0.29) is 11.8 Å². The Kier molecular flexibility index (Phi) is 4.98. The standard InChI is InChI=1S/C17H22N6O/c1-3-17(24)23-8-4-5-13(11-23)14-9-15(21-12(2)20-14)22-16-10-18-6-7-19-16/h6-7,9-10,13H,3-5,8,11H2,1-2H3,(H,19,20,21,22)/t13-/m0/s1. The zero-order valence-corrected chi connectivity index (χ0v) is 14.1. The van der Waals surface area contributed by atoms with Crippen LogP contribution >= 0.6 is 0 Å². The Morgan fingerprint density at radius 1 is 1.33 bits per heavy atom. The summed E-state index contributed by atoms with van der Waals surface area (Å²) >= 11 is 0. The minimum Gasteiger partial charge on any atom is -0.342 e. The maximum absolute atomic E-state index is 12.0. The molecule has 7 nitrogen and oxygen atoms in total. The molecule has 7 heteroatoms. The Balaban J connectivity index is 1.79. The Morgan fingerprint density at radius 3 is 2.96 bits per heavy atom. The number of nitrogens with zero attached hydrogens (tertiary/aromatic N) is 5. The summed E-state index contributed by atoms with van der Waals surface area (Å²) < 4.78 is 0. The fraction of sp³-hybridized carbons (Fsp3) is 0.471. The van der Waals surface area contributed by atoms with E-state index in [9.17, 15) is 4.79 Å². The average Bonchev–Trinajstić information content (AvgIpc) is 2.61. The fourth-order valence-electron chi connectivity index (χ4n) is 3.03. The van der Waals surface area contributed by atoms with Gasteiger partial charge in [0.2, 0.25) is 5.91 Å². The van der Waals surface area contributed by atoms with Crippen molar-refractivity contribution in [2.24, 2.45) is 0 Å². The summed E-state index contributed by atoms with van der Waals surface area (Å²) in [5, 5.41) is 3.16. The van der Waals surface area contributed by atoms with Crippen molar-refractivity contribution < 1.29 is 4.79 Å². The van der Waals surface area contributed by atoms with Crippen LogP contribution in [0.1, 0.15) is 43.6 Å². The maximum Gasteiger partial charge on any atom is 0.222 e. The van der Waals surface area contributed by atoms with Gasteiger partial charge >= 0.3 is 0 Å². The van der Waals surface area contributed by atoms with Crippen LogP contribution < -0.4 is 5.32 Å². The van der Waals surface area contributed by atoms with Crippen LogP contribution in [0.15, 0.2) is 24.7 Å². The topological polar surface area (TPSA) is 83.9 Å². The van der Waals surface area contributed by atoms with E-state index in [2.05, 4.69) is 25.3 Å². The number of hydrogen-bond donors (Lipinski definition) is 1. The lowest BCUT2D eigenvalue weighted by molar-refractivity contribution is -0.132. The van der Waals surface area contributed by atoms with Crippen molar-refractivity contribution in [2.45, 2.75) is 39.0 Å². The molecule has 0 aliphatic carbocycles. The lowest BCUT2D eigenvalue weighted by Gasteiger charge is -2.32. The van der Waals surface area contributed by atoms with Crippen LogP contribution in [-0.2, 0) is 4.79 Å². The number of rotatable bonds is 4. The number of aromatic nitrogens is 4. The van der Waals surface area contributed by atoms with Crippen LogP contribution in [0.25, 0.3) is 0 Å². The predicted molar refractivity (Wildman–Crippen MR) is 90.9 cm³/mol. The van der Waals surface area contributed by atoms with Gasteiger partial charge in [-0.15, -0.1) is 0 Å². The minimum atomic E-state index is 0.211. The van der Waals surface area contributed by atoms with Crippen LogP contribution in [0.4, 0.5) is 11.6 Å². The number of anilines is 2. The van der Waals surface area contributed by atoms with E-state index in [4.69, 9.17) is 0 Å². The van der Waals surface area contributed by atoms with Crippen molar-refractivity contribution in [1.29, 1.82) is 0 Å². The fourth-order valence-corrected chi connectivity index (χ4v) is 3.03. The second-order valence-corrected chi connectivity index (χ2v) is 5.97. The second kappa shape index (κ2) is 7.33. The Hall–Kier alpha value is -2.57. The van der Waals surface area contributed by atoms with Gasteiger partial charge in [-0.3, -0.25) is 9.78 Å². The van der Waals surface area contributed by atoms with Gasteiger partial charge < -0.3 is 10.2 Å². The van der Waals surface area contributed by atoms with Crippen LogP contribution in [0.3, 0.4) is 0 Å². The van der Waals surface area contributed by atoms with Gasteiger partial charge in [0.05, 0.1) is 11.9 Å². The van der Waals surface area contributed by atoms with E-state index >= 15 is 0 Å². The van der Waals surface area contributed by atoms with Gasteiger partial charge in [-0.25, -0.2) is 15.0 Å². The third kappa shape index (κ3) is 3.84. The summed E-state index contributed by atoms with van der Waals surface area (Å²) in [7, 11) is 0. The molecule has 3 rings (SSSR count). The molecule has 1 aliphatic rings. The van der Waals surface area contributed by atoms with Gasteiger partial charge in [0.1, 0.15) is 17.5 Å². The molecule has 3 heterocycles. The number of amides is 1. The molecule has 2 aromatic heterocycles. The summed E-state index contributed by atoms with van der Waals surface area (Å²) in [4.78, 5) is 31.2. The minimum absolute atomic E-state index is 0.211. The molecule has 2 aromatic rings. The molecule has 1 aliphatic heterocycles. The van der Waals surface area contributed by atoms with Gasteiger partial charge in [0, 0.05) is 43.9 Å². The van der Waals surface area contributed by atoms with E-state index in [0.29, 0.717) is 23.9 Å². The molecular weight excluding hydrogens is 304 g/mol. The highest BCUT2D eigenvalue weighted by Gasteiger charge is 2.25. The molecule has 0 spiro atoms. The monoisotopic (exact) mass is 326 g/mol. The highest BCUT2D eigenvalue weighted by molar-refractivity contribution is 5.76. The smallest absolute Gasteiger partial charge is 0.222 e. The Morgan fingerprint density at radius 2 is 2.21 bits per heavy atom. The molecule has 1 N–H and O–H groups in total. The molecule has 1 amide bonds. The molecule has 0 saturated carbocycles. The molecule has 0 bridgehead atoms. The van der Waals surface area contributed by atoms with E-state index in [1.165, 1.54) is 0 Å². The van der Waals surface area contributed by atoms with E-state index in [1.807, 2.05) is 24.8 Å². The number of carbonyl (C=O) groups is 1. The Bertz CT molecular complexity index is 705. The van der Waals surface area contributed by atoms with Crippen molar-refractivity contribution >= 4 is 17.5 Å². The zero-order chi connectivity index (χ0) is 16.9. The van der Waals surface area contributed by atoms with E-state index in [1.54, 1.807) is 18.6 Å². The molecule has 24 heavy (non-hydrogen) atoms. The van der Waals surface area contributed by atoms with Crippen molar-refractivity contribution in [1.82, 2.24) is 24.8 Å². The summed E-state index contributed by atoms with van der Waals surface area (Å²) in [6.07, 6.45) is 7.51. The lowest BCUT2D eigenvalue weighted by Crippen LogP contribution is -2.39. The summed E-state index contributed by atoms with van der Waals surface area (Å²) in [6, 6.07) is 1.95. The van der Waals surface area contributed by atoms with Gasteiger partial charge in [0.25, 0.3) is 0 Å². The number of carbonyl (C=O) groups excluding carboxylic acids is 1. The molecule has 0 radical (unpaired) electrons. The molecule has 126 valence electrons. The second-order valence-electron chi connectivity index (χ2n) is 5.97. The van der Waals surface area contributed by atoms with Gasteiger partial charge in [-0.2, -0.15) is 0 Å². The zero-order valence-electron chi connectivity index (χ0n) is 14.1. The number of piperidine rings is 1. The lowest BCUT2D eigenvalue weighted by atomic mass is 9.94. The first-order valence-electron chi connectivity index (χ1n) is 8.32. The first-order valence-corrected chi connectivity index (χ1v) is 8.32. The van der Waals surface area contributed by atoms with E-state index < -0.39 is 0 Å². The quantitative estimate of drug-likeness (QED) is 0.929. The highest BCUT2D eigenvalue weighted by Crippen LogP contribution is 2.27. The molecule has 0 aromatic carbocycles. The van der Waals surface area contributed by atoms with Gasteiger partial charge in [-0.05, 0) is 19.8 Å². The highest BCUT2D eigenvalue weighted by atomic mass is 16.2. The normalized spacial score (nSPS) is 17.6. The van der Waals surface area contributed by atoms with Crippen LogP contribution in [0.2, 0.25) is 0 Å². The first-order chi connectivity index (χ1) is 11.7. The molecule has 1 fully saturated rings. The third-order valence-electron chi connectivity index (χ3n) is 4.17.